The van der Waals surface area contributed by atoms with Crippen LogP contribution >= 0.6 is 31.9 Å². The number of hydrogen-bond donors (Lipinski definition) is 0. The summed E-state index contributed by atoms with van der Waals surface area (Å²) in [6.07, 6.45) is 6.88. The molecule has 2 aliphatic carbocycles. The third-order valence-electron chi connectivity index (χ3n) is 5.29. The third-order valence-corrected chi connectivity index (χ3v) is 6.67. The van der Waals surface area contributed by atoms with Crippen molar-refractivity contribution < 1.29 is 0 Å². The van der Waals surface area contributed by atoms with E-state index in [0.29, 0.717) is 0 Å². The Hall–Kier alpha value is -1.12. The molecule has 0 nitrogen and oxygen atoms in total. The summed E-state index contributed by atoms with van der Waals surface area (Å²) in [5.74, 6) is 0. The lowest BCUT2D eigenvalue weighted by Gasteiger charge is -2.28. The summed E-state index contributed by atoms with van der Waals surface area (Å²) in [5, 5.41) is 0. The van der Waals surface area contributed by atoms with E-state index in [1.54, 1.807) is 0 Å². The van der Waals surface area contributed by atoms with Crippen LogP contribution in [-0.2, 0) is 12.8 Å². The van der Waals surface area contributed by atoms with Gasteiger partial charge in [-0.25, -0.2) is 0 Å². The standard InChI is InChI=1S/C21H18Br2/c1-21(2,15-9-13-5-3-7-19(22)17(13)11-15)16-10-14-6-4-8-20(23)18(14)12-16/h3-8,11-12H,9-10H2,1-2H3. The van der Waals surface area contributed by atoms with Gasteiger partial charge in [-0.3, -0.25) is 0 Å². The van der Waals surface area contributed by atoms with Crippen molar-refractivity contribution in [3.63, 3.8) is 0 Å². The van der Waals surface area contributed by atoms with Gasteiger partial charge in [0.2, 0.25) is 0 Å². The van der Waals surface area contributed by atoms with E-state index in [1.807, 2.05) is 0 Å². The summed E-state index contributed by atoms with van der Waals surface area (Å²) in [6.45, 7) is 4.73. The van der Waals surface area contributed by atoms with Crippen LogP contribution in [0.25, 0.3) is 12.2 Å². The Kier molecular flexibility index (Phi) is 3.66. The smallest absolute Gasteiger partial charge is 0.0250 e. The first kappa shape index (κ1) is 15.4. The molecule has 0 N–H and O–H groups in total. The molecular weight excluding hydrogens is 412 g/mol. The van der Waals surface area contributed by atoms with Crippen molar-refractivity contribution in [2.24, 2.45) is 5.41 Å². The van der Waals surface area contributed by atoms with Crippen molar-refractivity contribution in [3.05, 3.63) is 78.7 Å². The van der Waals surface area contributed by atoms with Gasteiger partial charge >= 0.3 is 0 Å². The van der Waals surface area contributed by atoms with Crippen molar-refractivity contribution in [2.45, 2.75) is 26.7 Å². The van der Waals surface area contributed by atoms with Crippen molar-refractivity contribution in [3.8, 4) is 0 Å². The van der Waals surface area contributed by atoms with Crippen molar-refractivity contribution in [2.75, 3.05) is 0 Å². The third kappa shape index (κ3) is 2.47. The maximum absolute atomic E-state index is 3.69. The van der Waals surface area contributed by atoms with E-state index in [-0.39, 0.29) is 5.41 Å². The molecule has 0 saturated carbocycles. The van der Waals surface area contributed by atoms with E-state index in [2.05, 4.69) is 94.3 Å². The fourth-order valence-electron chi connectivity index (χ4n) is 3.66. The zero-order valence-corrected chi connectivity index (χ0v) is 16.5. The van der Waals surface area contributed by atoms with Crippen molar-refractivity contribution in [1.82, 2.24) is 0 Å². The van der Waals surface area contributed by atoms with Gasteiger partial charge in [0.05, 0.1) is 0 Å². The summed E-state index contributed by atoms with van der Waals surface area (Å²) in [6, 6.07) is 13.0. The summed E-state index contributed by atoms with van der Waals surface area (Å²) in [4.78, 5) is 0. The van der Waals surface area contributed by atoms with Gasteiger partial charge in [-0.1, -0.05) is 93.3 Å². The van der Waals surface area contributed by atoms with Gasteiger partial charge in [-0.05, 0) is 47.2 Å². The summed E-state index contributed by atoms with van der Waals surface area (Å²) in [7, 11) is 0. The predicted octanol–water partition coefficient (Wildman–Crippen LogP) is 6.82. The minimum Gasteiger partial charge on any atom is -0.0608 e. The van der Waals surface area contributed by atoms with Crippen LogP contribution in [0, 0.1) is 5.41 Å². The lowest BCUT2D eigenvalue weighted by molar-refractivity contribution is 0.526. The van der Waals surface area contributed by atoms with Crippen LogP contribution in [0.2, 0.25) is 0 Å². The Labute approximate surface area is 154 Å². The van der Waals surface area contributed by atoms with Crippen LogP contribution in [0.3, 0.4) is 0 Å². The Morgan fingerprint density at radius 3 is 1.57 bits per heavy atom. The fourth-order valence-corrected chi connectivity index (χ4v) is 4.71. The lowest BCUT2D eigenvalue weighted by atomic mass is 9.75. The molecule has 116 valence electrons. The lowest BCUT2D eigenvalue weighted by Crippen LogP contribution is -2.18. The molecule has 4 rings (SSSR count). The van der Waals surface area contributed by atoms with Gasteiger partial charge in [0.25, 0.3) is 0 Å². The Morgan fingerprint density at radius 1 is 0.739 bits per heavy atom. The highest BCUT2D eigenvalue weighted by Gasteiger charge is 2.33. The van der Waals surface area contributed by atoms with Crippen LogP contribution in [0.15, 0.2) is 56.5 Å². The highest BCUT2D eigenvalue weighted by Crippen LogP contribution is 2.47. The van der Waals surface area contributed by atoms with Crippen LogP contribution in [0.4, 0.5) is 0 Å². The van der Waals surface area contributed by atoms with E-state index in [1.165, 1.54) is 42.3 Å². The molecule has 0 aliphatic heterocycles. The van der Waals surface area contributed by atoms with E-state index in [9.17, 15) is 0 Å². The van der Waals surface area contributed by atoms with Gasteiger partial charge in [-0.2, -0.15) is 0 Å². The Bertz CT molecular complexity index is 798. The molecule has 0 saturated heterocycles. The number of halogens is 2. The van der Waals surface area contributed by atoms with E-state index >= 15 is 0 Å². The first-order chi connectivity index (χ1) is 11.0. The molecule has 2 heteroatoms. The second-order valence-electron chi connectivity index (χ2n) is 6.94. The topological polar surface area (TPSA) is 0 Å². The maximum Gasteiger partial charge on any atom is 0.0250 e. The second-order valence-corrected chi connectivity index (χ2v) is 8.65. The molecule has 2 aliphatic rings. The average Bonchev–Trinajstić information content (AvgIpc) is 3.13. The largest absolute Gasteiger partial charge is 0.0608 e. The molecule has 0 spiro atoms. The normalized spacial score (nSPS) is 16.0. The molecule has 2 aromatic carbocycles. The van der Waals surface area contributed by atoms with E-state index in [0.717, 1.165) is 12.8 Å². The summed E-state index contributed by atoms with van der Waals surface area (Å²) >= 11 is 7.38. The monoisotopic (exact) mass is 428 g/mol. The van der Waals surface area contributed by atoms with Gasteiger partial charge in [0.15, 0.2) is 0 Å². The zero-order chi connectivity index (χ0) is 16.2. The molecule has 0 unspecified atom stereocenters. The summed E-state index contributed by atoms with van der Waals surface area (Å²) in [5.41, 5.74) is 8.67. The molecule has 0 atom stereocenters. The van der Waals surface area contributed by atoms with Gasteiger partial charge in [-0.15, -0.1) is 0 Å². The first-order valence-corrected chi connectivity index (χ1v) is 9.52. The minimum absolute atomic E-state index is 0.0803. The van der Waals surface area contributed by atoms with Gasteiger partial charge in [0.1, 0.15) is 0 Å². The fraction of sp³-hybridized carbons (Fsp3) is 0.238. The average molecular weight is 430 g/mol. The predicted molar refractivity (Wildman–Crippen MR) is 105 cm³/mol. The van der Waals surface area contributed by atoms with Crippen LogP contribution in [0.5, 0.6) is 0 Å². The molecule has 0 radical (unpaired) electrons. The molecule has 0 amide bonds. The highest BCUT2D eigenvalue weighted by atomic mass is 79.9. The van der Waals surface area contributed by atoms with Crippen LogP contribution in [-0.4, -0.2) is 0 Å². The number of benzene rings is 2. The quantitative estimate of drug-likeness (QED) is 0.491. The van der Waals surface area contributed by atoms with Gasteiger partial charge < -0.3 is 0 Å². The number of rotatable bonds is 2. The molecule has 0 fully saturated rings. The highest BCUT2D eigenvalue weighted by molar-refractivity contribution is 9.10. The van der Waals surface area contributed by atoms with Crippen LogP contribution in [0.1, 0.15) is 36.1 Å². The first-order valence-electron chi connectivity index (χ1n) is 7.93. The van der Waals surface area contributed by atoms with E-state index < -0.39 is 0 Å². The van der Waals surface area contributed by atoms with Crippen LogP contribution < -0.4 is 0 Å². The molecule has 0 bridgehead atoms. The molecule has 2 aromatic rings. The SMILES string of the molecule is CC(C)(C1=Cc2c(Br)cccc2C1)C1=Cc2c(Br)cccc2C1. The zero-order valence-electron chi connectivity index (χ0n) is 13.3. The number of fused-ring (bicyclic) bond motifs is 2. The Morgan fingerprint density at radius 2 is 1.17 bits per heavy atom. The molecule has 0 heterocycles. The second kappa shape index (κ2) is 5.46. The number of allylic oxidation sites excluding steroid dienone is 2. The number of hydrogen-bond acceptors (Lipinski definition) is 0. The molecule has 0 aromatic heterocycles. The van der Waals surface area contributed by atoms with Crippen molar-refractivity contribution >= 4 is 44.0 Å². The van der Waals surface area contributed by atoms with E-state index in [4.69, 9.17) is 0 Å². The molecular formula is C21H18Br2. The van der Waals surface area contributed by atoms with Gasteiger partial charge in [0, 0.05) is 14.4 Å². The molecule has 23 heavy (non-hydrogen) atoms. The van der Waals surface area contributed by atoms with Crippen molar-refractivity contribution in [1.29, 1.82) is 0 Å². The summed E-state index contributed by atoms with van der Waals surface area (Å²) < 4.78 is 2.40. The maximum atomic E-state index is 3.69. The Balaban J connectivity index is 1.71. The minimum atomic E-state index is 0.0803.